The predicted octanol–water partition coefficient (Wildman–Crippen LogP) is 2.93. The summed E-state index contributed by atoms with van der Waals surface area (Å²) in [6.07, 6.45) is 3.64. The van der Waals surface area contributed by atoms with Crippen molar-refractivity contribution in [2.75, 3.05) is 7.11 Å². The Morgan fingerprint density at radius 3 is 2.81 bits per heavy atom. The lowest BCUT2D eigenvalue weighted by molar-refractivity contribution is 0.418. The fourth-order valence-electron chi connectivity index (χ4n) is 2.26. The van der Waals surface area contributed by atoms with E-state index in [2.05, 4.69) is 27.4 Å². The lowest BCUT2D eigenvalue weighted by Crippen LogP contribution is -2.13. The largest absolute Gasteiger partial charge is 0.494 e. The summed E-state index contributed by atoms with van der Waals surface area (Å²) in [6, 6.07) is 14.1. The standard InChI is InChI=1S/C17H17N3O/c1-21-16-6-2-5-14-7-8-15(20-17(14)16)12-19-11-13-4-3-9-18-10-13/h2-10,19H,11-12H2,1H3. The summed E-state index contributed by atoms with van der Waals surface area (Å²) in [5, 5.41) is 4.47. The van der Waals surface area contributed by atoms with Gasteiger partial charge >= 0.3 is 0 Å². The van der Waals surface area contributed by atoms with Gasteiger partial charge in [-0.1, -0.05) is 24.3 Å². The van der Waals surface area contributed by atoms with Crippen LogP contribution in [-0.4, -0.2) is 17.1 Å². The van der Waals surface area contributed by atoms with Gasteiger partial charge in [-0.25, -0.2) is 4.98 Å². The van der Waals surface area contributed by atoms with Gasteiger partial charge in [0.25, 0.3) is 0 Å². The second-order valence-electron chi connectivity index (χ2n) is 4.80. The Morgan fingerprint density at radius 2 is 2.00 bits per heavy atom. The molecule has 0 amide bonds. The second kappa shape index (κ2) is 6.33. The maximum Gasteiger partial charge on any atom is 0.145 e. The zero-order valence-electron chi connectivity index (χ0n) is 11.9. The number of fused-ring (bicyclic) bond motifs is 1. The number of aromatic nitrogens is 2. The maximum atomic E-state index is 5.37. The molecule has 0 bridgehead atoms. The molecule has 0 saturated carbocycles. The maximum absolute atomic E-state index is 5.37. The number of nitrogens with one attached hydrogen (secondary N) is 1. The van der Waals surface area contributed by atoms with E-state index in [1.54, 1.807) is 13.3 Å². The molecule has 0 aliphatic heterocycles. The van der Waals surface area contributed by atoms with Gasteiger partial charge < -0.3 is 10.1 Å². The lowest BCUT2D eigenvalue weighted by atomic mass is 10.2. The van der Waals surface area contributed by atoms with Crippen molar-refractivity contribution in [1.82, 2.24) is 15.3 Å². The number of methoxy groups -OCH3 is 1. The Bertz CT molecular complexity index is 728. The lowest BCUT2D eigenvalue weighted by Gasteiger charge is -2.08. The first-order valence-corrected chi connectivity index (χ1v) is 6.89. The van der Waals surface area contributed by atoms with Gasteiger partial charge in [0, 0.05) is 30.9 Å². The van der Waals surface area contributed by atoms with Gasteiger partial charge in [-0.05, 0) is 23.8 Å². The van der Waals surface area contributed by atoms with E-state index in [1.165, 1.54) is 0 Å². The topological polar surface area (TPSA) is 47.0 Å². The molecule has 0 atom stereocenters. The molecule has 0 saturated heterocycles. The monoisotopic (exact) mass is 279 g/mol. The SMILES string of the molecule is COc1cccc2ccc(CNCc3cccnc3)nc12. The number of rotatable bonds is 5. The van der Waals surface area contributed by atoms with Crippen molar-refractivity contribution in [3.05, 3.63) is 66.1 Å². The number of para-hydroxylation sites is 1. The molecule has 21 heavy (non-hydrogen) atoms. The van der Waals surface area contributed by atoms with Crippen LogP contribution < -0.4 is 10.1 Å². The van der Waals surface area contributed by atoms with Gasteiger partial charge in [-0.15, -0.1) is 0 Å². The van der Waals surface area contributed by atoms with Crippen molar-refractivity contribution >= 4 is 10.9 Å². The van der Waals surface area contributed by atoms with E-state index in [1.807, 2.05) is 36.5 Å². The highest BCUT2D eigenvalue weighted by atomic mass is 16.5. The van der Waals surface area contributed by atoms with E-state index in [0.29, 0.717) is 6.54 Å². The molecule has 3 aromatic rings. The van der Waals surface area contributed by atoms with Crippen LogP contribution >= 0.6 is 0 Å². The van der Waals surface area contributed by atoms with E-state index >= 15 is 0 Å². The number of hydrogen-bond acceptors (Lipinski definition) is 4. The zero-order valence-corrected chi connectivity index (χ0v) is 11.9. The molecule has 0 aliphatic carbocycles. The molecule has 0 spiro atoms. The summed E-state index contributed by atoms with van der Waals surface area (Å²) in [4.78, 5) is 8.78. The zero-order chi connectivity index (χ0) is 14.5. The highest BCUT2D eigenvalue weighted by molar-refractivity contribution is 5.84. The molecule has 0 fully saturated rings. The van der Waals surface area contributed by atoms with Crippen LogP contribution in [0.15, 0.2) is 54.9 Å². The molecule has 2 aromatic heterocycles. The Kier molecular flexibility index (Phi) is 4.07. The quantitative estimate of drug-likeness (QED) is 0.780. The third-order valence-corrected chi connectivity index (χ3v) is 3.32. The van der Waals surface area contributed by atoms with Gasteiger partial charge in [0.1, 0.15) is 11.3 Å². The van der Waals surface area contributed by atoms with Crippen LogP contribution in [0.2, 0.25) is 0 Å². The van der Waals surface area contributed by atoms with Crippen molar-refractivity contribution in [3.8, 4) is 5.75 Å². The van der Waals surface area contributed by atoms with Gasteiger partial charge in [-0.2, -0.15) is 0 Å². The molecule has 0 unspecified atom stereocenters. The third kappa shape index (κ3) is 3.17. The minimum Gasteiger partial charge on any atom is -0.494 e. The first-order chi connectivity index (χ1) is 10.4. The summed E-state index contributed by atoms with van der Waals surface area (Å²) in [5.41, 5.74) is 3.06. The van der Waals surface area contributed by atoms with E-state index in [9.17, 15) is 0 Å². The number of pyridine rings is 2. The fourth-order valence-corrected chi connectivity index (χ4v) is 2.26. The Balaban J connectivity index is 1.72. The first kappa shape index (κ1) is 13.5. The van der Waals surface area contributed by atoms with Crippen molar-refractivity contribution in [2.45, 2.75) is 13.1 Å². The van der Waals surface area contributed by atoms with E-state index in [-0.39, 0.29) is 0 Å². The Hall–Kier alpha value is -2.46. The van der Waals surface area contributed by atoms with Crippen LogP contribution in [-0.2, 0) is 13.1 Å². The third-order valence-electron chi connectivity index (χ3n) is 3.32. The molecule has 1 aromatic carbocycles. The van der Waals surface area contributed by atoms with Crippen molar-refractivity contribution in [3.63, 3.8) is 0 Å². The van der Waals surface area contributed by atoms with Crippen molar-refractivity contribution in [1.29, 1.82) is 0 Å². The molecule has 4 nitrogen and oxygen atoms in total. The Morgan fingerprint density at radius 1 is 1.05 bits per heavy atom. The predicted molar refractivity (Wildman–Crippen MR) is 83.1 cm³/mol. The molecule has 106 valence electrons. The minimum atomic E-state index is 0.711. The highest BCUT2D eigenvalue weighted by Crippen LogP contribution is 2.23. The highest BCUT2D eigenvalue weighted by Gasteiger charge is 2.04. The average Bonchev–Trinajstić information content (AvgIpc) is 2.55. The van der Waals surface area contributed by atoms with Gasteiger partial charge in [0.05, 0.1) is 12.8 Å². The minimum absolute atomic E-state index is 0.711. The molecular weight excluding hydrogens is 262 g/mol. The molecular formula is C17H17N3O. The van der Waals surface area contributed by atoms with Crippen LogP contribution in [0.5, 0.6) is 5.75 Å². The normalized spacial score (nSPS) is 10.7. The number of benzene rings is 1. The summed E-state index contributed by atoms with van der Waals surface area (Å²) in [7, 11) is 1.67. The number of hydrogen-bond donors (Lipinski definition) is 1. The van der Waals surface area contributed by atoms with Crippen LogP contribution in [0, 0.1) is 0 Å². The molecule has 3 rings (SSSR count). The molecule has 1 N–H and O–H groups in total. The second-order valence-corrected chi connectivity index (χ2v) is 4.80. The van der Waals surface area contributed by atoms with E-state index in [4.69, 9.17) is 4.74 Å². The van der Waals surface area contributed by atoms with Gasteiger partial charge in [0.2, 0.25) is 0 Å². The Labute approximate surface area is 123 Å². The van der Waals surface area contributed by atoms with Crippen molar-refractivity contribution in [2.24, 2.45) is 0 Å². The van der Waals surface area contributed by atoms with Crippen LogP contribution in [0.4, 0.5) is 0 Å². The summed E-state index contributed by atoms with van der Waals surface area (Å²) in [6.45, 7) is 1.49. The smallest absolute Gasteiger partial charge is 0.145 e. The molecule has 4 heteroatoms. The summed E-state index contributed by atoms with van der Waals surface area (Å²) >= 11 is 0. The van der Waals surface area contributed by atoms with E-state index in [0.717, 1.165) is 34.5 Å². The van der Waals surface area contributed by atoms with Crippen LogP contribution in [0.1, 0.15) is 11.3 Å². The summed E-state index contributed by atoms with van der Waals surface area (Å²) in [5.74, 6) is 0.807. The first-order valence-electron chi connectivity index (χ1n) is 6.89. The fraction of sp³-hybridized carbons (Fsp3) is 0.176. The number of ether oxygens (including phenoxy) is 1. The molecule has 0 aliphatic rings. The summed E-state index contributed by atoms with van der Waals surface area (Å²) < 4.78 is 5.37. The number of nitrogens with zero attached hydrogens (tertiary/aromatic N) is 2. The molecule has 2 heterocycles. The van der Waals surface area contributed by atoms with Crippen molar-refractivity contribution < 1.29 is 4.74 Å². The van der Waals surface area contributed by atoms with Gasteiger partial charge in [-0.3, -0.25) is 4.98 Å². The van der Waals surface area contributed by atoms with Crippen LogP contribution in [0.3, 0.4) is 0 Å². The average molecular weight is 279 g/mol. The van der Waals surface area contributed by atoms with E-state index < -0.39 is 0 Å². The molecule has 0 radical (unpaired) electrons. The van der Waals surface area contributed by atoms with Crippen LogP contribution in [0.25, 0.3) is 10.9 Å². The van der Waals surface area contributed by atoms with Gasteiger partial charge in [0.15, 0.2) is 0 Å².